The van der Waals surface area contributed by atoms with Gasteiger partial charge in [0, 0.05) is 11.1 Å². The maximum atomic E-state index is 11.4. The minimum atomic E-state index is -1.26. The Hall–Kier alpha value is -2.03. The number of aliphatic hydroxyl groups is 1. The molecule has 1 aromatic rings. The van der Waals surface area contributed by atoms with Crippen molar-refractivity contribution < 1.29 is 24.5 Å². The maximum Gasteiger partial charge on any atom is 0.411 e. The zero-order valence-corrected chi connectivity index (χ0v) is 11.2. The van der Waals surface area contributed by atoms with Gasteiger partial charge in [-0.25, -0.2) is 4.79 Å². The first kappa shape index (κ1) is 16.0. The molecule has 1 amide bonds. The number of rotatable bonds is 6. The number of ether oxygens (including phenoxy) is 1. The summed E-state index contributed by atoms with van der Waals surface area (Å²) in [6, 6.07) is 5.02. The number of nitrogens with two attached hydrogens (primary N) is 1. The lowest BCUT2D eigenvalue weighted by Gasteiger charge is -2.10. The van der Waals surface area contributed by atoms with E-state index in [2.05, 4.69) is 22.3 Å². The predicted molar refractivity (Wildman–Crippen MR) is 75.6 cm³/mol. The van der Waals surface area contributed by atoms with Crippen molar-refractivity contribution in [1.82, 2.24) is 0 Å². The number of aliphatic hydroxyl groups excluding tert-OH is 1. The Labute approximate surface area is 120 Å². The fourth-order valence-corrected chi connectivity index (χ4v) is 1.39. The van der Waals surface area contributed by atoms with Crippen molar-refractivity contribution in [3.05, 3.63) is 29.8 Å². The molecule has 0 spiro atoms. The Bertz CT molecular complexity index is 491. The van der Waals surface area contributed by atoms with E-state index in [1.807, 2.05) is 0 Å². The summed E-state index contributed by atoms with van der Waals surface area (Å²) in [6.07, 6.45) is -1.66. The fraction of sp³-hybridized carbons (Fsp3) is 0.250. The van der Waals surface area contributed by atoms with Gasteiger partial charge >= 0.3 is 12.1 Å². The lowest BCUT2D eigenvalue weighted by atomic mass is 10.1. The average Bonchev–Trinajstić information content (AvgIpc) is 2.44. The Morgan fingerprint density at radius 2 is 2.00 bits per heavy atom. The second kappa shape index (κ2) is 7.53. The second-order valence-electron chi connectivity index (χ2n) is 3.87. The van der Waals surface area contributed by atoms with Crippen molar-refractivity contribution in [3.8, 4) is 0 Å². The molecule has 1 rings (SSSR count). The van der Waals surface area contributed by atoms with Gasteiger partial charge in [-0.2, -0.15) is 0 Å². The van der Waals surface area contributed by atoms with Crippen LogP contribution in [0.5, 0.6) is 0 Å². The van der Waals surface area contributed by atoms with E-state index in [0.29, 0.717) is 11.3 Å². The van der Waals surface area contributed by atoms with E-state index < -0.39 is 30.8 Å². The molecule has 108 valence electrons. The van der Waals surface area contributed by atoms with Crippen LogP contribution in [0.15, 0.2) is 24.3 Å². The minimum Gasteiger partial charge on any atom is -0.480 e. The summed E-state index contributed by atoms with van der Waals surface area (Å²) in [4.78, 5) is 21.8. The first-order chi connectivity index (χ1) is 9.43. The largest absolute Gasteiger partial charge is 0.480 e. The van der Waals surface area contributed by atoms with Crippen molar-refractivity contribution in [2.45, 2.75) is 12.1 Å². The molecule has 5 N–H and O–H groups in total. The summed E-state index contributed by atoms with van der Waals surface area (Å²) in [5, 5.41) is 21.6. The van der Waals surface area contributed by atoms with Gasteiger partial charge in [-0.15, -0.1) is 0 Å². The number of carboxylic acids is 1. The Kier molecular flexibility index (Phi) is 6.04. The average molecular weight is 298 g/mol. The molecule has 8 heteroatoms. The Morgan fingerprint density at radius 1 is 1.40 bits per heavy atom. The number of hydrogen-bond donors (Lipinski definition) is 4. The Balaban J connectivity index is 2.50. The van der Waals surface area contributed by atoms with Crippen LogP contribution in [-0.2, 0) is 9.53 Å². The lowest BCUT2D eigenvalue weighted by Crippen LogP contribution is -2.36. The highest BCUT2D eigenvalue weighted by Gasteiger charge is 2.14. The monoisotopic (exact) mass is 298 g/mol. The van der Waals surface area contributed by atoms with Crippen molar-refractivity contribution in [2.75, 3.05) is 11.9 Å². The summed E-state index contributed by atoms with van der Waals surface area (Å²) in [7, 11) is 0. The van der Waals surface area contributed by atoms with E-state index in [1.54, 1.807) is 24.3 Å². The number of amides is 1. The highest BCUT2D eigenvalue weighted by atomic mass is 32.1. The van der Waals surface area contributed by atoms with Gasteiger partial charge in [0.1, 0.15) is 18.8 Å². The Morgan fingerprint density at radius 3 is 2.50 bits per heavy atom. The summed E-state index contributed by atoms with van der Waals surface area (Å²) in [6.45, 7) is -0.428. The third-order valence-electron chi connectivity index (χ3n) is 2.34. The van der Waals surface area contributed by atoms with Crippen LogP contribution in [0.4, 0.5) is 10.5 Å². The lowest BCUT2D eigenvalue weighted by molar-refractivity contribution is -0.139. The fourth-order valence-electron chi connectivity index (χ4n) is 1.23. The minimum absolute atomic E-state index is 0.428. The van der Waals surface area contributed by atoms with Crippen LogP contribution in [0.2, 0.25) is 0 Å². The highest BCUT2D eigenvalue weighted by Crippen LogP contribution is 2.15. The van der Waals surface area contributed by atoms with Gasteiger partial charge < -0.3 is 20.7 Å². The molecule has 1 aromatic carbocycles. The first-order valence-electron chi connectivity index (χ1n) is 5.59. The zero-order valence-electron chi connectivity index (χ0n) is 10.4. The number of anilines is 1. The van der Waals surface area contributed by atoms with Crippen molar-refractivity contribution >= 4 is 35.3 Å². The number of benzene rings is 1. The topological polar surface area (TPSA) is 122 Å². The quantitative estimate of drug-likeness (QED) is 0.570. The van der Waals surface area contributed by atoms with Crippen LogP contribution in [0, 0.1) is 0 Å². The first-order valence-corrected chi connectivity index (χ1v) is 6.06. The van der Waals surface area contributed by atoms with E-state index in [1.165, 1.54) is 5.37 Å². The van der Waals surface area contributed by atoms with E-state index in [0.717, 1.165) is 0 Å². The van der Waals surface area contributed by atoms with Gasteiger partial charge in [0.15, 0.2) is 0 Å². The standard InChI is InChI=1S/C12H14N2O5S/c13-9(11(16)17)5-19-12(18)14-8-3-1-7(2-4-8)10(15)6-20/h1-4,6,9-10,15H,5,13H2,(H,14,18)(H,16,17). The maximum absolute atomic E-state index is 11.4. The summed E-state index contributed by atoms with van der Waals surface area (Å²) in [5.41, 5.74) is 6.20. The number of hydrogen-bond acceptors (Lipinski definition) is 6. The molecule has 0 fully saturated rings. The summed E-state index contributed by atoms with van der Waals surface area (Å²) in [5.74, 6) is -1.25. The molecule has 0 radical (unpaired) electrons. The molecule has 0 aliphatic rings. The van der Waals surface area contributed by atoms with E-state index >= 15 is 0 Å². The van der Waals surface area contributed by atoms with E-state index in [9.17, 15) is 14.7 Å². The van der Waals surface area contributed by atoms with Gasteiger partial charge in [0.25, 0.3) is 0 Å². The molecule has 2 unspecified atom stereocenters. The highest BCUT2D eigenvalue weighted by molar-refractivity contribution is 7.79. The van der Waals surface area contributed by atoms with Crippen LogP contribution >= 0.6 is 12.2 Å². The smallest absolute Gasteiger partial charge is 0.411 e. The molecule has 0 saturated carbocycles. The van der Waals surface area contributed by atoms with Gasteiger partial charge in [0.05, 0.1) is 0 Å². The molecule has 0 bridgehead atoms. The molecule has 0 saturated heterocycles. The SMILES string of the molecule is NC(COC(=O)Nc1ccc(C(O)C=S)cc1)C(=O)O. The third-order valence-corrected chi connectivity index (χ3v) is 2.60. The predicted octanol–water partition coefficient (Wildman–Crippen LogP) is 0.680. The molecule has 0 aromatic heterocycles. The number of aliphatic carboxylic acids is 1. The second-order valence-corrected chi connectivity index (χ2v) is 4.14. The van der Waals surface area contributed by atoms with Crippen molar-refractivity contribution in [3.63, 3.8) is 0 Å². The number of carboxylic acid groups (broad SMARTS) is 1. The van der Waals surface area contributed by atoms with Crippen LogP contribution in [-0.4, -0.2) is 40.3 Å². The normalized spacial score (nSPS) is 13.1. The molecular formula is C12H14N2O5S. The number of carbonyl (C=O) groups is 2. The van der Waals surface area contributed by atoms with Gasteiger partial charge in [-0.05, 0) is 17.7 Å². The van der Waals surface area contributed by atoms with E-state index in [-0.39, 0.29) is 0 Å². The number of thiocarbonyl (C=S) groups is 1. The number of nitrogens with one attached hydrogen (secondary N) is 1. The van der Waals surface area contributed by atoms with Gasteiger partial charge in [-0.1, -0.05) is 24.4 Å². The van der Waals surface area contributed by atoms with Crippen LogP contribution in [0.25, 0.3) is 0 Å². The van der Waals surface area contributed by atoms with Crippen molar-refractivity contribution in [2.24, 2.45) is 5.73 Å². The summed E-state index contributed by atoms with van der Waals surface area (Å²) < 4.78 is 4.64. The van der Waals surface area contributed by atoms with Gasteiger partial charge in [-0.3, -0.25) is 10.1 Å². The molecule has 0 heterocycles. The van der Waals surface area contributed by atoms with Gasteiger partial charge in [0.2, 0.25) is 0 Å². The van der Waals surface area contributed by atoms with Crippen LogP contribution in [0.1, 0.15) is 11.7 Å². The number of carbonyl (C=O) groups excluding carboxylic acids is 1. The van der Waals surface area contributed by atoms with Crippen LogP contribution in [0.3, 0.4) is 0 Å². The molecule has 0 aliphatic heterocycles. The molecule has 0 aliphatic carbocycles. The summed E-state index contributed by atoms with van der Waals surface area (Å²) >= 11 is 4.61. The molecule has 2 atom stereocenters. The zero-order chi connectivity index (χ0) is 15.1. The molecular weight excluding hydrogens is 284 g/mol. The van der Waals surface area contributed by atoms with Crippen molar-refractivity contribution in [1.29, 1.82) is 0 Å². The third kappa shape index (κ3) is 4.92. The molecule has 20 heavy (non-hydrogen) atoms. The van der Waals surface area contributed by atoms with E-state index in [4.69, 9.17) is 10.8 Å². The molecule has 7 nitrogen and oxygen atoms in total. The van der Waals surface area contributed by atoms with Crippen LogP contribution < -0.4 is 11.1 Å².